The van der Waals surface area contributed by atoms with Crippen LogP contribution in [0.1, 0.15) is 30.6 Å². The van der Waals surface area contributed by atoms with Crippen LogP contribution in [0.15, 0.2) is 18.2 Å². The SMILES string of the molecule is CC(C)(CCO)CNC(=O)c1ccc2c(c1)OCC(=O)N2. The number of nitrogens with one attached hydrogen (secondary N) is 2. The lowest BCUT2D eigenvalue weighted by Gasteiger charge is -2.24. The van der Waals surface area contributed by atoms with E-state index in [2.05, 4.69) is 10.6 Å². The minimum Gasteiger partial charge on any atom is -0.482 e. The Morgan fingerprint density at radius 2 is 2.24 bits per heavy atom. The molecule has 1 aliphatic heterocycles. The monoisotopic (exact) mass is 292 g/mol. The minimum absolute atomic E-state index is 0.0401. The van der Waals surface area contributed by atoms with Crippen LogP contribution in [0.4, 0.5) is 5.69 Å². The number of ether oxygens (including phenoxy) is 1. The van der Waals surface area contributed by atoms with Crippen LogP contribution >= 0.6 is 0 Å². The summed E-state index contributed by atoms with van der Waals surface area (Å²) in [5.74, 6) is 0.0895. The van der Waals surface area contributed by atoms with Gasteiger partial charge in [-0.2, -0.15) is 0 Å². The summed E-state index contributed by atoms with van der Waals surface area (Å²) in [5.41, 5.74) is 0.886. The molecule has 0 aromatic heterocycles. The van der Waals surface area contributed by atoms with Crippen LogP contribution in [0.25, 0.3) is 0 Å². The van der Waals surface area contributed by atoms with E-state index < -0.39 is 0 Å². The summed E-state index contributed by atoms with van der Waals surface area (Å²) in [4.78, 5) is 23.3. The maximum absolute atomic E-state index is 12.1. The number of amides is 2. The third kappa shape index (κ3) is 3.95. The summed E-state index contributed by atoms with van der Waals surface area (Å²) in [5, 5.41) is 14.5. The highest BCUT2D eigenvalue weighted by molar-refractivity contribution is 5.98. The maximum atomic E-state index is 12.1. The number of aliphatic hydroxyl groups excluding tert-OH is 1. The van der Waals surface area contributed by atoms with Gasteiger partial charge in [0.05, 0.1) is 5.69 Å². The van der Waals surface area contributed by atoms with E-state index in [1.54, 1.807) is 18.2 Å². The van der Waals surface area contributed by atoms with Crippen molar-refractivity contribution in [3.05, 3.63) is 23.8 Å². The van der Waals surface area contributed by atoms with Gasteiger partial charge in [0.2, 0.25) is 0 Å². The first-order valence-electron chi connectivity index (χ1n) is 6.87. The van der Waals surface area contributed by atoms with Crippen LogP contribution in [0.5, 0.6) is 5.75 Å². The number of hydrogen-bond donors (Lipinski definition) is 3. The van der Waals surface area contributed by atoms with E-state index in [0.29, 0.717) is 30.0 Å². The number of anilines is 1. The Labute approximate surface area is 123 Å². The number of fused-ring (bicyclic) bond motifs is 1. The van der Waals surface area contributed by atoms with Crippen LogP contribution in [-0.4, -0.2) is 36.7 Å². The summed E-state index contributed by atoms with van der Waals surface area (Å²) >= 11 is 0. The van der Waals surface area contributed by atoms with Crippen molar-refractivity contribution in [1.82, 2.24) is 5.32 Å². The predicted molar refractivity (Wildman–Crippen MR) is 78.4 cm³/mol. The summed E-state index contributed by atoms with van der Waals surface area (Å²) in [7, 11) is 0. The quantitative estimate of drug-likeness (QED) is 0.760. The van der Waals surface area contributed by atoms with E-state index in [9.17, 15) is 9.59 Å². The fourth-order valence-electron chi connectivity index (χ4n) is 2.03. The van der Waals surface area contributed by atoms with Crippen LogP contribution in [0, 0.1) is 5.41 Å². The lowest BCUT2D eigenvalue weighted by molar-refractivity contribution is -0.118. The van der Waals surface area contributed by atoms with Gasteiger partial charge in [-0.05, 0) is 30.0 Å². The molecule has 1 aliphatic rings. The molecule has 0 unspecified atom stereocenters. The molecule has 0 saturated carbocycles. The summed E-state index contributed by atoms with van der Waals surface area (Å²) in [6, 6.07) is 4.91. The molecule has 0 aliphatic carbocycles. The molecule has 1 aromatic rings. The second-order valence-electron chi connectivity index (χ2n) is 5.87. The molecule has 114 valence electrons. The van der Waals surface area contributed by atoms with Crippen LogP contribution in [0.2, 0.25) is 0 Å². The molecule has 21 heavy (non-hydrogen) atoms. The first kappa shape index (κ1) is 15.3. The molecular formula is C15H20N2O4. The Kier molecular flexibility index (Phi) is 4.47. The first-order chi connectivity index (χ1) is 9.91. The van der Waals surface area contributed by atoms with Gasteiger partial charge in [-0.3, -0.25) is 9.59 Å². The molecule has 1 heterocycles. The molecule has 0 radical (unpaired) electrons. The second-order valence-corrected chi connectivity index (χ2v) is 5.87. The van der Waals surface area contributed by atoms with Gasteiger partial charge in [-0.1, -0.05) is 13.8 Å². The molecule has 6 heteroatoms. The number of aliphatic hydroxyl groups is 1. The van der Waals surface area contributed by atoms with Crippen molar-refractivity contribution in [3.8, 4) is 5.75 Å². The van der Waals surface area contributed by atoms with Crippen molar-refractivity contribution in [3.63, 3.8) is 0 Å². The van der Waals surface area contributed by atoms with Gasteiger partial charge in [0.1, 0.15) is 5.75 Å². The molecule has 0 spiro atoms. The number of benzene rings is 1. The van der Waals surface area contributed by atoms with Crippen molar-refractivity contribution < 1.29 is 19.4 Å². The van der Waals surface area contributed by atoms with Gasteiger partial charge in [0.15, 0.2) is 6.61 Å². The Hall–Kier alpha value is -2.08. The van der Waals surface area contributed by atoms with Gasteiger partial charge in [0.25, 0.3) is 11.8 Å². The van der Waals surface area contributed by atoms with Crippen molar-refractivity contribution in [1.29, 1.82) is 0 Å². The van der Waals surface area contributed by atoms with Gasteiger partial charge in [-0.25, -0.2) is 0 Å². The van der Waals surface area contributed by atoms with Gasteiger partial charge < -0.3 is 20.5 Å². The second kappa shape index (κ2) is 6.13. The number of carbonyl (C=O) groups excluding carboxylic acids is 2. The van der Waals surface area contributed by atoms with E-state index in [-0.39, 0.29) is 30.4 Å². The van der Waals surface area contributed by atoms with E-state index in [0.717, 1.165) is 0 Å². The highest BCUT2D eigenvalue weighted by atomic mass is 16.5. The van der Waals surface area contributed by atoms with Gasteiger partial charge in [0, 0.05) is 18.7 Å². The maximum Gasteiger partial charge on any atom is 0.262 e. The molecule has 0 fully saturated rings. The molecule has 0 atom stereocenters. The van der Waals surface area contributed by atoms with E-state index in [4.69, 9.17) is 9.84 Å². The average molecular weight is 292 g/mol. The molecule has 1 aromatic carbocycles. The Bertz CT molecular complexity index is 555. The van der Waals surface area contributed by atoms with Crippen LogP contribution in [0.3, 0.4) is 0 Å². The smallest absolute Gasteiger partial charge is 0.262 e. The molecule has 0 saturated heterocycles. The molecule has 2 rings (SSSR count). The van der Waals surface area contributed by atoms with E-state index in [1.807, 2.05) is 13.8 Å². The molecule has 3 N–H and O–H groups in total. The number of hydrogen-bond acceptors (Lipinski definition) is 4. The zero-order valence-electron chi connectivity index (χ0n) is 12.2. The third-order valence-electron chi connectivity index (χ3n) is 3.39. The lowest BCUT2D eigenvalue weighted by atomic mass is 9.89. The Morgan fingerprint density at radius 1 is 1.48 bits per heavy atom. The van der Waals surface area contributed by atoms with Crippen LogP contribution in [-0.2, 0) is 4.79 Å². The van der Waals surface area contributed by atoms with Crippen LogP contribution < -0.4 is 15.4 Å². The fraction of sp³-hybridized carbons (Fsp3) is 0.467. The standard InChI is InChI=1S/C15H20N2O4/c1-15(2,5-6-18)9-16-14(20)10-3-4-11-12(7-10)21-8-13(19)17-11/h3-4,7,18H,5-6,8-9H2,1-2H3,(H,16,20)(H,17,19). The summed E-state index contributed by atoms with van der Waals surface area (Å²) in [6.45, 7) is 4.49. The summed E-state index contributed by atoms with van der Waals surface area (Å²) < 4.78 is 5.29. The fourth-order valence-corrected chi connectivity index (χ4v) is 2.03. The molecular weight excluding hydrogens is 272 g/mol. The van der Waals surface area contributed by atoms with Crippen molar-refractivity contribution in [2.75, 3.05) is 25.1 Å². The highest BCUT2D eigenvalue weighted by Crippen LogP contribution is 2.28. The zero-order chi connectivity index (χ0) is 15.5. The van der Waals surface area contributed by atoms with E-state index >= 15 is 0 Å². The Morgan fingerprint density at radius 3 is 2.95 bits per heavy atom. The molecule has 0 bridgehead atoms. The molecule has 2 amide bonds. The number of carbonyl (C=O) groups is 2. The molecule has 6 nitrogen and oxygen atoms in total. The normalized spacial score (nSPS) is 14.0. The highest BCUT2D eigenvalue weighted by Gasteiger charge is 2.20. The van der Waals surface area contributed by atoms with Crippen molar-refractivity contribution >= 4 is 17.5 Å². The predicted octanol–water partition coefficient (Wildman–Crippen LogP) is 1.16. The van der Waals surface area contributed by atoms with Crippen molar-refractivity contribution in [2.45, 2.75) is 20.3 Å². The Balaban J connectivity index is 2.02. The minimum atomic E-state index is -0.204. The van der Waals surface area contributed by atoms with E-state index in [1.165, 1.54) is 0 Å². The topological polar surface area (TPSA) is 87.7 Å². The van der Waals surface area contributed by atoms with Gasteiger partial charge >= 0.3 is 0 Å². The first-order valence-corrected chi connectivity index (χ1v) is 6.87. The number of rotatable bonds is 5. The average Bonchev–Trinajstić information content (AvgIpc) is 2.44. The van der Waals surface area contributed by atoms with Gasteiger partial charge in [-0.15, -0.1) is 0 Å². The van der Waals surface area contributed by atoms with Crippen molar-refractivity contribution in [2.24, 2.45) is 5.41 Å². The summed E-state index contributed by atoms with van der Waals surface area (Å²) in [6.07, 6.45) is 0.618. The zero-order valence-corrected chi connectivity index (χ0v) is 12.2. The lowest BCUT2D eigenvalue weighted by Crippen LogP contribution is -2.34. The largest absolute Gasteiger partial charge is 0.482 e. The third-order valence-corrected chi connectivity index (χ3v) is 3.39.